The summed E-state index contributed by atoms with van der Waals surface area (Å²) in [5, 5.41) is 22.5. The number of benzene rings is 1. The largest absolute Gasteiger partial charge is 0.475 e. The second-order valence-electron chi connectivity index (χ2n) is 14.9. The van der Waals surface area contributed by atoms with Crippen LogP contribution in [-0.4, -0.2) is 35.6 Å². The lowest BCUT2D eigenvalue weighted by Crippen LogP contribution is -2.62. The molecule has 5 aliphatic rings. The molecule has 0 aromatic heterocycles. The van der Waals surface area contributed by atoms with Crippen LogP contribution in [-0.2, 0) is 18.1 Å². The van der Waals surface area contributed by atoms with E-state index in [4.69, 9.17) is 13.6 Å². The second kappa shape index (κ2) is 11.8. The highest BCUT2D eigenvalue weighted by atomic mass is 31.2. The fourth-order valence-electron chi connectivity index (χ4n) is 11.0. The third-order valence-electron chi connectivity index (χ3n) is 13.1. The zero-order valence-corrected chi connectivity index (χ0v) is 26.8. The fourth-order valence-corrected chi connectivity index (χ4v) is 12.4. The summed E-state index contributed by atoms with van der Waals surface area (Å²) in [6.07, 6.45) is 8.44. The Kier molecular flexibility index (Phi) is 8.79. The van der Waals surface area contributed by atoms with Gasteiger partial charge in [0.25, 0.3) is 0 Å². The molecule has 1 heterocycles. The van der Waals surface area contributed by atoms with Gasteiger partial charge in [-0.15, -0.1) is 0 Å². The molecule has 42 heavy (non-hydrogen) atoms. The molecule has 6 rings (SSSR count). The maximum absolute atomic E-state index is 14.3. The zero-order valence-electron chi connectivity index (χ0n) is 25.9. The van der Waals surface area contributed by atoms with Crippen LogP contribution >= 0.6 is 7.82 Å². The van der Waals surface area contributed by atoms with E-state index in [2.05, 4.69) is 27.7 Å². The first-order valence-corrected chi connectivity index (χ1v) is 18.1. The van der Waals surface area contributed by atoms with Gasteiger partial charge >= 0.3 is 7.82 Å². The highest BCUT2D eigenvalue weighted by Crippen LogP contribution is 2.69. The van der Waals surface area contributed by atoms with E-state index >= 15 is 0 Å². The summed E-state index contributed by atoms with van der Waals surface area (Å²) in [5.41, 5.74) is 0.753. The van der Waals surface area contributed by atoms with E-state index in [-0.39, 0.29) is 48.0 Å². The van der Waals surface area contributed by atoms with Gasteiger partial charge in [0.05, 0.1) is 31.5 Å². The summed E-state index contributed by atoms with van der Waals surface area (Å²) in [4.78, 5) is 0. The van der Waals surface area contributed by atoms with E-state index in [0.29, 0.717) is 47.5 Å². The van der Waals surface area contributed by atoms with Gasteiger partial charge in [-0.2, -0.15) is 0 Å². The van der Waals surface area contributed by atoms with Crippen molar-refractivity contribution in [2.24, 2.45) is 52.3 Å². The summed E-state index contributed by atoms with van der Waals surface area (Å²) in [6.45, 7) is 9.95. The Morgan fingerprint density at radius 3 is 2.55 bits per heavy atom. The van der Waals surface area contributed by atoms with Crippen LogP contribution in [0.3, 0.4) is 0 Å². The number of halogens is 1. The lowest BCUT2D eigenvalue weighted by atomic mass is 9.41. The van der Waals surface area contributed by atoms with Crippen molar-refractivity contribution in [3.05, 3.63) is 35.6 Å². The molecule has 13 atom stereocenters. The Bertz CT molecular complexity index is 1160. The number of fused-ring (bicyclic) bond motifs is 5. The number of phosphoric ester groups is 1. The van der Waals surface area contributed by atoms with Crippen molar-refractivity contribution in [3.63, 3.8) is 0 Å². The maximum Gasteiger partial charge on any atom is 0.475 e. The van der Waals surface area contributed by atoms with Gasteiger partial charge in [0.1, 0.15) is 5.82 Å². The molecular weight excluding hydrogens is 554 g/mol. The smallest absolute Gasteiger partial charge is 0.393 e. The van der Waals surface area contributed by atoms with Crippen molar-refractivity contribution in [2.45, 2.75) is 110 Å². The number of rotatable bonds is 7. The minimum Gasteiger partial charge on any atom is -0.393 e. The van der Waals surface area contributed by atoms with Crippen molar-refractivity contribution in [2.75, 3.05) is 13.2 Å². The quantitative estimate of drug-likeness (QED) is 0.305. The Labute approximate surface area is 251 Å². The number of hydrogen-bond donors (Lipinski definition) is 2. The van der Waals surface area contributed by atoms with Gasteiger partial charge in [-0.1, -0.05) is 52.3 Å². The topological polar surface area (TPSA) is 85.2 Å². The molecule has 8 heteroatoms. The Balaban J connectivity index is 1.11. The van der Waals surface area contributed by atoms with E-state index in [1.54, 1.807) is 18.2 Å². The van der Waals surface area contributed by atoms with Crippen molar-refractivity contribution in [1.29, 1.82) is 0 Å². The Hall–Kier alpha value is -0.820. The molecule has 6 unspecified atom stereocenters. The molecule has 1 saturated heterocycles. The molecule has 4 saturated carbocycles. The van der Waals surface area contributed by atoms with Crippen LogP contribution in [0.5, 0.6) is 0 Å². The van der Waals surface area contributed by atoms with E-state index in [9.17, 15) is 19.2 Å². The highest BCUT2D eigenvalue weighted by molar-refractivity contribution is 7.48. The third kappa shape index (κ3) is 5.26. The van der Waals surface area contributed by atoms with Crippen molar-refractivity contribution >= 4 is 7.82 Å². The van der Waals surface area contributed by atoms with Crippen LogP contribution in [0.25, 0.3) is 0 Å². The van der Waals surface area contributed by atoms with Crippen LogP contribution in [0.1, 0.15) is 104 Å². The third-order valence-corrected chi connectivity index (χ3v) is 14.6. The van der Waals surface area contributed by atoms with Crippen molar-refractivity contribution < 1.29 is 32.7 Å². The average Bonchev–Trinajstić information content (AvgIpc) is 3.31. The molecular formula is C34H52FO6P. The minimum atomic E-state index is -3.77. The number of hydrogen-bond acceptors (Lipinski definition) is 6. The average molecular weight is 607 g/mol. The van der Waals surface area contributed by atoms with Crippen molar-refractivity contribution in [1.82, 2.24) is 0 Å². The summed E-state index contributed by atoms with van der Waals surface area (Å²) >= 11 is 0. The number of aliphatic hydroxyl groups is 2. The summed E-state index contributed by atoms with van der Waals surface area (Å²) in [5.74, 6) is 2.53. The first-order valence-electron chi connectivity index (χ1n) is 16.7. The van der Waals surface area contributed by atoms with Crippen LogP contribution in [0.2, 0.25) is 0 Å². The normalized spacial score (nSPS) is 47.7. The van der Waals surface area contributed by atoms with Gasteiger partial charge in [-0.05, 0) is 110 Å². The molecule has 1 aromatic carbocycles. The van der Waals surface area contributed by atoms with E-state index < -0.39 is 13.9 Å². The Morgan fingerprint density at radius 1 is 1.05 bits per heavy atom. The summed E-state index contributed by atoms with van der Waals surface area (Å²) < 4.78 is 44.6. The molecule has 0 spiro atoms. The van der Waals surface area contributed by atoms with E-state index in [1.807, 2.05) is 0 Å². The van der Waals surface area contributed by atoms with E-state index in [0.717, 1.165) is 51.4 Å². The molecule has 1 aliphatic heterocycles. The highest BCUT2D eigenvalue weighted by Gasteiger charge is 2.64. The lowest BCUT2D eigenvalue weighted by molar-refractivity contribution is -0.203. The van der Waals surface area contributed by atoms with Crippen LogP contribution in [0.15, 0.2) is 24.3 Å². The molecule has 0 bridgehead atoms. The van der Waals surface area contributed by atoms with Gasteiger partial charge < -0.3 is 10.2 Å². The molecule has 236 valence electrons. The molecule has 6 nitrogen and oxygen atoms in total. The predicted octanol–water partition coefficient (Wildman–Crippen LogP) is 8.08. The van der Waals surface area contributed by atoms with Crippen LogP contribution in [0.4, 0.5) is 4.39 Å². The van der Waals surface area contributed by atoms with Gasteiger partial charge in [0.2, 0.25) is 0 Å². The maximum atomic E-state index is 14.3. The SMILES string of the molecule is CC[C@H]1C(O)C2C(CC[C@@]3(C)C2CC[C@@H]3[C@H](C)CCOP2(=O)OCC[C@@H](c3ccccc3F)O2)[C@@]2(C)CC[C@@H](O)CC12. The van der Waals surface area contributed by atoms with E-state index in [1.165, 1.54) is 12.5 Å². The van der Waals surface area contributed by atoms with Crippen molar-refractivity contribution in [3.8, 4) is 0 Å². The van der Waals surface area contributed by atoms with Crippen LogP contribution in [0, 0.1) is 58.1 Å². The van der Waals surface area contributed by atoms with Gasteiger partial charge in [0.15, 0.2) is 0 Å². The summed E-state index contributed by atoms with van der Waals surface area (Å²) in [6, 6.07) is 6.43. The standard InChI is InChI=1S/C34H52FO6P/c1-5-23-28-20-22(36)12-16-34(28,4)27-13-17-33(3)25(10-11-26(33)31(27)32(23)37)21(2)14-18-39-42(38)40-19-15-30(41-42)24-8-6-7-9-29(24)35/h6-9,21-23,25-28,30-32,36-37H,5,10-20H2,1-4H3/t21-,22-,23-,25-,26?,27?,28?,30+,31?,32?,33-,34-,42?/m1/s1. The van der Waals surface area contributed by atoms with Crippen LogP contribution < -0.4 is 0 Å². The molecule has 2 N–H and O–H groups in total. The first-order chi connectivity index (χ1) is 20.0. The lowest BCUT2D eigenvalue weighted by Gasteiger charge is -2.64. The van der Waals surface area contributed by atoms with Gasteiger partial charge in [-0.3, -0.25) is 13.6 Å². The second-order valence-corrected chi connectivity index (χ2v) is 16.5. The number of aliphatic hydroxyl groups excluding tert-OH is 2. The minimum absolute atomic E-state index is 0.162. The molecule has 0 amide bonds. The molecule has 4 aliphatic carbocycles. The molecule has 0 radical (unpaired) electrons. The fraction of sp³-hybridized carbons (Fsp3) is 0.824. The predicted molar refractivity (Wildman–Crippen MR) is 160 cm³/mol. The molecule has 5 fully saturated rings. The van der Waals surface area contributed by atoms with Gasteiger partial charge in [0, 0.05) is 12.0 Å². The molecule has 1 aromatic rings. The Morgan fingerprint density at radius 2 is 1.79 bits per heavy atom. The zero-order chi connectivity index (χ0) is 29.9. The number of phosphoric acid groups is 1. The van der Waals surface area contributed by atoms with Gasteiger partial charge in [-0.25, -0.2) is 8.96 Å². The first kappa shape index (κ1) is 31.2. The summed E-state index contributed by atoms with van der Waals surface area (Å²) in [7, 11) is -3.77. The monoisotopic (exact) mass is 606 g/mol.